The molecular formula is C72H116O6. The molecule has 0 amide bonds. The maximum Gasteiger partial charge on any atom is 0.306 e. The molecule has 0 N–H and O–H groups in total. The van der Waals surface area contributed by atoms with Gasteiger partial charge in [-0.3, -0.25) is 14.4 Å². The number of unbranched alkanes of at least 4 members (excludes halogenated alkanes) is 21. The molecule has 0 aromatic carbocycles. The van der Waals surface area contributed by atoms with E-state index in [2.05, 4.69) is 167 Å². The van der Waals surface area contributed by atoms with Gasteiger partial charge in [0.25, 0.3) is 0 Å². The number of carbonyl (C=O) groups is 3. The second kappa shape index (κ2) is 64.8. The van der Waals surface area contributed by atoms with Crippen LogP contribution >= 0.6 is 0 Å². The molecule has 6 nitrogen and oxygen atoms in total. The van der Waals surface area contributed by atoms with E-state index in [0.717, 1.165) is 173 Å². The molecule has 0 aromatic rings. The molecule has 0 saturated carbocycles. The highest BCUT2D eigenvalue weighted by atomic mass is 16.6. The van der Waals surface area contributed by atoms with Gasteiger partial charge in [0, 0.05) is 19.3 Å². The van der Waals surface area contributed by atoms with Crippen molar-refractivity contribution in [1.82, 2.24) is 0 Å². The zero-order chi connectivity index (χ0) is 56.4. The molecule has 0 aliphatic carbocycles. The summed E-state index contributed by atoms with van der Waals surface area (Å²) in [6, 6.07) is 0. The molecule has 0 radical (unpaired) electrons. The first-order valence-corrected chi connectivity index (χ1v) is 31.8. The smallest absolute Gasteiger partial charge is 0.306 e. The highest BCUT2D eigenvalue weighted by Gasteiger charge is 2.19. The Balaban J connectivity index is 4.44. The van der Waals surface area contributed by atoms with Gasteiger partial charge in [0.05, 0.1) is 0 Å². The van der Waals surface area contributed by atoms with Gasteiger partial charge in [-0.1, -0.05) is 250 Å². The summed E-state index contributed by atoms with van der Waals surface area (Å²) in [7, 11) is 0. The number of ether oxygens (including phenoxy) is 3. The SMILES string of the molecule is CC/C=C\C/C=C\C/C=C\C/C=C\C/C=C\C/C=C\C/C=C\C/C=C\CCCCCCC(=O)OCC(COC(=O)CCCCCCC/C=C\C/C=C\CCCCC)OC(=O)CCCCCCC/C=C\C/C=C\CCCCCC. The number of hydrogen-bond donors (Lipinski definition) is 0. The predicted molar refractivity (Wildman–Crippen MR) is 339 cm³/mol. The van der Waals surface area contributed by atoms with E-state index in [9.17, 15) is 14.4 Å². The molecule has 0 spiro atoms. The summed E-state index contributed by atoms with van der Waals surface area (Å²) in [4.78, 5) is 38.3. The van der Waals surface area contributed by atoms with Crippen LogP contribution in [-0.4, -0.2) is 37.2 Å². The number of esters is 3. The molecule has 0 saturated heterocycles. The normalized spacial score (nSPS) is 13.1. The zero-order valence-corrected chi connectivity index (χ0v) is 50.4. The Labute approximate surface area is 480 Å². The van der Waals surface area contributed by atoms with Crippen LogP contribution in [0.2, 0.25) is 0 Å². The van der Waals surface area contributed by atoms with Gasteiger partial charge in [0.1, 0.15) is 13.2 Å². The topological polar surface area (TPSA) is 78.9 Å². The van der Waals surface area contributed by atoms with E-state index in [1.54, 1.807) is 0 Å². The van der Waals surface area contributed by atoms with Gasteiger partial charge in [-0.05, 0) is 148 Å². The van der Waals surface area contributed by atoms with E-state index in [0.29, 0.717) is 19.3 Å². The zero-order valence-electron chi connectivity index (χ0n) is 50.4. The van der Waals surface area contributed by atoms with Crippen molar-refractivity contribution >= 4 is 17.9 Å². The van der Waals surface area contributed by atoms with E-state index >= 15 is 0 Å². The Bertz CT molecular complexity index is 1710. The van der Waals surface area contributed by atoms with Crippen molar-refractivity contribution < 1.29 is 28.6 Å². The largest absolute Gasteiger partial charge is 0.462 e. The molecule has 440 valence electrons. The quantitative estimate of drug-likeness (QED) is 0.0261. The standard InChI is InChI=1S/C72H116O6/c1-4-7-10-13-16-19-22-25-28-30-31-32-33-34-35-36-37-38-39-40-41-42-45-47-50-53-56-59-62-65-71(74)77-68-69(67-76-70(73)64-61-58-55-52-49-46-43-27-24-21-18-15-12-9-6-3)78-72(75)66-63-60-57-54-51-48-44-29-26-23-20-17-14-11-8-5-2/h7,10,16,18-21,23,25,27-29,31-32,34-35,37-38,40-41,43-45,47,69H,4-6,8-9,11-15,17,22,24,26,30,33,36,39,42,46,48-68H2,1-3H3/b10-7-,19-16-,21-18-,23-20-,28-25-,32-31-,35-34-,38-37-,41-40-,43-27-,44-29-,47-45-. The molecule has 0 aromatic heterocycles. The summed E-state index contributed by atoms with van der Waals surface area (Å²) in [5.74, 6) is -0.958. The van der Waals surface area contributed by atoms with E-state index in [4.69, 9.17) is 14.2 Å². The number of rotatable bonds is 56. The van der Waals surface area contributed by atoms with E-state index in [1.807, 2.05) is 0 Å². The third kappa shape index (κ3) is 62.1. The maximum atomic E-state index is 12.9. The summed E-state index contributed by atoms with van der Waals surface area (Å²) in [6.07, 6.45) is 92.7. The Hall–Kier alpha value is -4.71. The van der Waals surface area contributed by atoms with Crippen LogP contribution in [0.1, 0.15) is 271 Å². The first-order chi connectivity index (χ1) is 38.5. The second-order valence-electron chi connectivity index (χ2n) is 20.6. The average molecular weight is 1080 g/mol. The van der Waals surface area contributed by atoms with Crippen molar-refractivity contribution in [1.29, 1.82) is 0 Å². The van der Waals surface area contributed by atoms with Crippen molar-refractivity contribution in [3.05, 3.63) is 146 Å². The van der Waals surface area contributed by atoms with Crippen LogP contribution in [-0.2, 0) is 28.6 Å². The number of allylic oxidation sites excluding steroid dienone is 24. The first kappa shape index (κ1) is 73.3. The van der Waals surface area contributed by atoms with Crippen LogP contribution in [0.4, 0.5) is 0 Å². The van der Waals surface area contributed by atoms with Crippen molar-refractivity contribution in [2.75, 3.05) is 13.2 Å². The lowest BCUT2D eigenvalue weighted by molar-refractivity contribution is -0.167. The fourth-order valence-electron chi connectivity index (χ4n) is 8.28. The van der Waals surface area contributed by atoms with Crippen LogP contribution in [0.3, 0.4) is 0 Å². The highest BCUT2D eigenvalue weighted by Crippen LogP contribution is 2.13. The summed E-state index contributed by atoms with van der Waals surface area (Å²) in [5, 5.41) is 0. The van der Waals surface area contributed by atoms with Crippen LogP contribution in [0.5, 0.6) is 0 Å². The lowest BCUT2D eigenvalue weighted by atomic mass is 10.1. The third-order valence-corrected chi connectivity index (χ3v) is 13.0. The lowest BCUT2D eigenvalue weighted by Crippen LogP contribution is -2.30. The highest BCUT2D eigenvalue weighted by molar-refractivity contribution is 5.71. The third-order valence-electron chi connectivity index (χ3n) is 13.0. The molecule has 1 unspecified atom stereocenters. The van der Waals surface area contributed by atoms with Crippen LogP contribution in [0, 0.1) is 0 Å². The van der Waals surface area contributed by atoms with E-state index in [-0.39, 0.29) is 31.1 Å². The van der Waals surface area contributed by atoms with Crippen LogP contribution in [0.25, 0.3) is 0 Å². The molecule has 0 rings (SSSR count). The van der Waals surface area contributed by atoms with Gasteiger partial charge >= 0.3 is 17.9 Å². The Morgan fingerprint density at radius 3 is 0.808 bits per heavy atom. The Morgan fingerprint density at radius 1 is 0.269 bits per heavy atom. The van der Waals surface area contributed by atoms with Gasteiger partial charge < -0.3 is 14.2 Å². The minimum absolute atomic E-state index is 0.104. The fourth-order valence-corrected chi connectivity index (χ4v) is 8.28. The van der Waals surface area contributed by atoms with E-state index in [1.165, 1.54) is 57.8 Å². The summed E-state index contributed by atoms with van der Waals surface area (Å²) < 4.78 is 16.9. The van der Waals surface area contributed by atoms with Gasteiger partial charge in [-0.25, -0.2) is 0 Å². The van der Waals surface area contributed by atoms with Crippen LogP contribution in [0.15, 0.2) is 146 Å². The second-order valence-corrected chi connectivity index (χ2v) is 20.6. The first-order valence-electron chi connectivity index (χ1n) is 31.8. The Kier molecular flexibility index (Phi) is 60.9. The van der Waals surface area contributed by atoms with Crippen LogP contribution < -0.4 is 0 Å². The number of carbonyl (C=O) groups excluding carboxylic acids is 3. The molecule has 0 fully saturated rings. The fraction of sp³-hybridized carbons (Fsp3) is 0.625. The maximum absolute atomic E-state index is 12.9. The van der Waals surface area contributed by atoms with Crippen molar-refractivity contribution in [3.8, 4) is 0 Å². The van der Waals surface area contributed by atoms with Gasteiger partial charge in [-0.2, -0.15) is 0 Å². The number of hydrogen-bond acceptors (Lipinski definition) is 6. The average Bonchev–Trinajstić information content (AvgIpc) is 3.44. The van der Waals surface area contributed by atoms with Gasteiger partial charge in [0.2, 0.25) is 0 Å². The van der Waals surface area contributed by atoms with Crippen molar-refractivity contribution in [2.45, 2.75) is 277 Å². The van der Waals surface area contributed by atoms with Gasteiger partial charge in [0.15, 0.2) is 6.10 Å². The van der Waals surface area contributed by atoms with Gasteiger partial charge in [-0.15, -0.1) is 0 Å². The minimum Gasteiger partial charge on any atom is -0.462 e. The molecule has 0 aliphatic heterocycles. The lowest BCUT2D eigenvalue weighted by Gasteiger charge is -2.18. The van der Waals surface area contributed by atoms with Crippen molar-refractivity contribution in [3.63, 3.8) is 0 Å². The molecule has 6 heteroatoms. The molecule has 1 atom stereocenters. The van der Waals surface area contributed by atoms with Crippen molar-refractivity contribution in [2.24, 2.45) is 0 Å². The molecular weight excluding hydrogens is 961 g/mol. The predicted octanol–water partition coefficient (Wildman–Crippen LogP) is 21.9. The molecule has 0 heterocycles. The summed E-state index contributed by atoms with van der Waals surface area (Å²) >= 11 is 0. The Morgan fingerprint density at radius 2 is 0.500 bits per heavy atom. The summed E-state index contributed by atoms with van der Waals surface area (Å²) in [5.41, 5.74) is 0. The molecule has 0 bridgehead atoms. The summed E-state index contributed by atoms with van der Waals surface area (Å²) in [6.45, 7) is 6.44. The minimum atomic E-state index is -0.809. The van der Waals surface area contributed by atoms with E-state index < -0.39 is 6.10 Å². The molecule has 0 aliphatic rings. The monoisotopic (exact) mass is 1080 g/mol. The molecule has 78 heavy (non-hydrogen) atoms.